The SMILES string of the molecule is C[NH+]1CCC([NH+]2CCN(c3ccccc3)CC2)CC1. The lowest BCUT2D eigenvalue weighted by molar-refractivity contribution is -0.952. The minimum Gasteiger partial charge on any atom is -0.360 e. The van der Waals surface area contributed by atoms with Crippen LogP contribution in [0.1, 0.15) is 12.8 Å². The van der Waals surface area contributed by atoms with Crippen molar-refractivity contribution >= 4 is 5.69 Å². The number of piperazine rings is 1. The molecule has 2 saturated heterocycles. The average molecular weight is 261 g/mol. The van der Waals surface area contributed by atoms with Crippen LogP contribution in [0.5, 0.6) is 0 Å². The van der Waals surface area contributed by atoms with Gasteiger partial charge < -0.3 is 14.7 Å². The van der Waals surface area contributed by atoms with Crippen LogP contribution < -0.4 is 14.7 Å². The maximum atomic E-state index is 2.55. The third-order valence-electron chi connectivity index (χ3n) is 4.94. The second-order valence-corrected chi connectivity index (χ2v) is 6.21. The predicted molar refractivity (Wildman–Crippen MR) is 79.0 cm³/mol. The lowest BCUT2D eigenvalue weighted by Crippen LogP contribution is -3.21. The highest BCUT2D eigenvalue weighted by molar-refractivity contribution is 5.45. The van der Waals surface area contributed by atoms with Gasteiger partial charge in [-0.15, -0.1) is 0 Å². The number of hydrogen-bond donors (Lipinski definition) is 2. The highest BCUT2D eigenvalue weighted by Gasteiger charge is 2.31. The summed E-state index contributed by atoms with van der Waals surface area (Å²) in [5.41, 5.74) is 1.40. The summed E-state index contributed by atoms with van der Waals surface area (Å²) in [6, 6.07) is 11.8. The molecule has 0 amide bonds. The minimum absolute atomic E-state index is 0.932. The van der Waals surface area contributed by atoms with E-state index in [1.807, 2.05) is 4.90 Å². The topological polar surface area (TPSA) is 12.1 Å². The number of anilines is 1. The smallest absolute Gasteiger partial charge is 0.0984 e. The van der Waals surface area contributed by atoms with E-state index in [4.69, 9.17) is 0 Å². The summed E-state index contributed by atoms with van der Waals surface area (Å²) in [6.45, 7) is 7.82. The maximum Gasteiger partial charge on any atom is 0.0984 e. The first kappa shape index (κ1) is 12.9. The number of quaternary nitrogens is 2. The Morgan fingerprint density at radius 1 is 0.947 bits per heavy atom. The van der Waals surface area contributed by atoms with Gasteiger partial charge in [-0.2, -0.15) is 0 Å². The highest BCUT2D eigenvalue weighted by Crippen LogP contribution is 2.12. The molecule has 0 unspecified atom stereocenters. The Bertz CT molecular complexity index is 376. The van der Waals surface area contributed by atoms with Crippen molar-refractivity contribution in [3.8, 4) is 0 Å². The van der Waals surface area contributed by atoms with E-state index in [0.29, 0.717) is 0 Å². The number of nitrogens with one attached hydrogen (secondary N) is 2. The molecule has 2 N–H and O–H groups in total. The summed E-state index contributed by atoms with van der Waals surface area (Å²) in [7, 11) is 2.33. The van der Waals surface area contributed by atoms with Crippen LogP contribution in [0.25, 0.3) is 0 Å². The molecule has 0 aromatic heterocycles. The molecule has 0 radical (unpaired) electrons. The number of likely N-dealkylation sites (tertiary alicyclic amines) is 1. The first-order valence-corrected chi connectivity index (χ1v) is 7.79. The summed E-state index contributed by atoms with van der Waals surface area (Å²) < 4.78 is 0. The summed E-state index contributed by atoms with van der Waals surface area (Å²) >= 11 is 0. The summed E-state index contributed by atoms with van der Waals surface area (Å²) in [5.74, 6) is 0. The molecule has 19 heavy (non-hydrogen) atoms. The molecule has 2 aliphatic rings. The van der Waals surface area contributed by atoms with Gasteiger partial charge in [0.2, 0.25) is 0 Å². The van der Waals surface area contributed by atoms with Crippen molar-refractivity contribution in [2.24, 2.45) is 0 Å². The fourth-order valence-corrected chi connectivity index (χ4v) is 3.62. The maximum absolute atomic E-state index is 2.55. The average Bonchev–Trinajstić information content (AvgIpc) is 2.49. The first-order chi connectivity index (χ1) is 9.33. The van der Waals surface area contributed by atoms with E-state index in [1.54, 1.807) is 4.90 Å². The largest absolute Gasteiger partial charge is 0.360 e. The van der Waals surface area contributed by atoms with Crippen LogP contribution in [0.4, 0.5) is 5.69 Å². The fraction of sp³-hybridized carbons (Fsp3) is 0.625. The van der Waals surface area contributed by atoms with Gasteiger partial charge in [-0.3, -0.25) is 0 Å². The van der Waals surface area contributed by atoms with Crippen molar-refractivity contribution in [2.75, 3.05) is 51.2 Å². The Morgan fingerprint density at radius 2 is 1.58 bits per heavy atom. The second kappa shape index (κ2) is 5.93. The molecule has 2 fully saturated rings. The van der Waals surface area contributed by atoms with Crippen LogP contribution in [0.15, 0.2) is 30.3 Å². The Labute approximate surface area is 116 Å². The van der Waals surface area contributed by atoms with E-state index >= 15 is 0 Å². The lowest BCUT2D eigenvalue weighted by atomic mass is 10.0. The number of nitrogens with zero attached hydrogens (tertiary/aromatic N) is 1. The molecule has 0 spiro atoms. The van der Waals surface area contributed by atoms with E-state index in [-0.39, 0.29) is 0 Å². The van der Waals surface area contributed by atoms with Crippen LogP contribution >= 0.6 is 0 Å². The molecule has 0 saturated carbocycles. The van der Waals surface area contributed by atoms with Gasteiger partial charge in [0.15, 0.2) is 0 Å². The molecule has 1 aromatic rings. The lowest BCUT2D eigenvalue weighted by Gasteiger charge is -2.39. The number of hydrogen-bond acceptors (Lipinski definition) is 1. The van der Waals surface area contributed by atoms with Gasteiger partial charge in [0.25, 0.3) is 0 Å². The molecular formula is C16H27N3+2. The van der Waals surface area contributed by atoms with Gasteiger partial charge in [-0.25, -0.2) is 0 Å². The van der Waals surface area contributed by atoms with Gasteiger partial charge in [-0.1, -0.05) is 18.2 Å². The van der Waals surface area contributed by atoms with Crippen LogP contribution in [0.2, 0.25) is 0 Å². The first-order valence-electron chi connectivity index (χ1n) is 7.79. The standard InChI is InChI=1S/C16H25N3/c1-17-9-7-16(8-10-17)19-13-11-18(12-14-19)15-5-3-2-4-6-15/h2-6,16H,7-14H2,1H3/p+2. The minimum atomic E-state index is 0.932. The Hall–Kier alpha value is -1.06. The third kappa shape index (κ3) is 3.10. The van der Waals surface area contributed by atoms with Crippen LogP contribution in [-0.2, 0) is 0 Å². The Balaban J connectivity index is 1.52. The van der Waals surface area contributed by atoms with Gasteiger partial charge in [0.05, 0.1) is 52.4 Å². The molecule has 3 rings (SSSR count). The normalized spacial score (nSPS) is 29.4. The van der Waals surface area contributed by atoms with E-state index in [9.17, 15) is 0 Å². The Kier molecular flexibility index (Phi) is 4.04. The summed E-state index contributed by atoms with van der Waals surface area (Å²) in [5, 5.41) is 0. The summed E-state index contributed by atoms with van der Waals surface area (Å²) in [6.07, 6.45) is 2.85. The Morgan fingerprint density at radius 3 is 2.21 bits per heavy atom. The molecule has 3 heteroatoms. The van der Waals surface area contributed by atoms with E-state index in [2.05, 4.69) is 42.3 Å². The zero-order chi connectivity index (χ0) is 13.1. The number of rotatable bonds is 2. The number of piperidine rings is 1. The third-order valence-corrected chi connectivity index (χ3v) is 4.94. The van der Waals surface area contributed by atoms with Crippen molar-refractivity contribution in [1.29, 1.82) is 0 Å². The van der Waals surface area contributed by atoms with Gasteiger partial charge >= 0.3 is 0 Å². The van der Waals surface area contributed by atoms with E-state index < -0.39 is 0 Å². The second-order valence-electron chi connectivity index (χ2n) is 6.21. The zero-order valence-electron chi connectivity index (χ0n) is 12.1. The van der Waals surface area contributed by atoms with Crippen molar-refractivity contribution < 1.29 is 9.80 Å². The number of para-hydroxylation sites is 1. The van der Waals surface area contributed by atoms with Crippen molar-refractivity contribution in [3.63, 3.8) is 0 Å². The zero-order valence-corrected chi connectivity index (χ0v) is 12.1. The van der Waals surface area contributed by atoms with Crippen LogP contribution in [0.3, 0.4) is 0 Å². The predicted octanol–water partition coefficient (Wildman–Crippen LogP) is -0.931. The van der Waals surface area contributed by atoms with E-state index in [0.717, 1.165) is 6.04 Å². The molecule has 0 aliphatic carbocycles. The quantitative estimate of drug-likeness (QED) is 0.701. The van der Waals surface area contributed by atoms with Gasteiger partial charge in [-0.05, 0) is 12.1 Å². The molecule has 2 aliphatic heterocycles. The number of benzene rings is 1. The van der Waals surface area contributed by atoms with E-state index in [1.165, 1.54) is 57.8 Å². The fourth-order valence-electron chi connectivity index (χ4n) is 3.62. The molecular weight excluding hydrogens is 234 g/mol. The summed E-state index contributed by atoms with van der Waals surface area (Å²) in [4.78, 5) is 6.13. The molecule has 3 nitrogen and oxygen atoms in total. The van der Waals surface area contributed by atoms with Crippen molar-refractivity contribution in [2.45, 2.75) is 18.9 Å². The van der Waals surface area contributed by atoms with Crippen molar-refractivity contribution in [1.82, 2.24) is 0 Å². The van der Waals surface area contributed by atoms with Crippen LogP contribution in [-0.4, -0.2) is 52.4 Å². The van der Waals surface area contributed by atoms with Gasteiger partial charge in [0, 0.05) is 18.5 Å². The highest BCUT2D eigenvalue weighted by atomic mass is 15.3. The molecule has 104 valence electrons. The monoisotopic (exact) mass is 261 g/mol. The molecule has 1 aromatic carbocycles. The molecule has 0 atom stereocenters. The molecule has 2 heterocycles. The van der Waals surface area contributed by atoms with Crippen molar-refractivity contribution in [3.05, 3.63) is 30.3 Å². The van der Waals surface area contributed by atoms with Gasteiger partial charge in [0.1, 0.15) is 0 Å². The molecule has 0 bridgehead atoms. The van der Waals surface area contributed by atoms with Crippen LogP contribution in [0, 0.1) is 0 Å².